The number of aryl methyl sites for hydroxylation is 1. The predicted molar refractivity (Wildman–Crippen MR) is 89.1 cm³/mol. The minimum Gasteiger partial charge on any atom is -0.496 e. The molecule has 21 heavy (non-hydrogen) atoms. The number of benzene rings is 1. The number of carbonyl (C=O) groups is 1. The molecular formula is C16H27ClN2O2. The van der Waals surface area contributed by atoms with Gasteiger partial charge < -0.3 is 15.8 Å². The van der Waals surface area contributed by atoms with Gasteiger partial charge in [-0.3, -0.25) is 4.79 Å². The SMILES string of the molecule is CCCCC(CN)NC(=O)CCc1ccccc1OC.Cl. The van der Waals surface area contributed by atoms with Gasteiger partial charge in [0, 0.05) is 19.0 Å². The zero-order chi connectivity index (χ0) is 14.8. The number of unbranched alkanes of at least 4 members (excludes halogenated alkanes) is 1. The lowest BCUT2D eigenvalue weighted by Gasteiger charge is -2.16. The number of nitrogens with two attached hydrogens (primary N) is 1. The lowest BCUT2D eigenvalue weighted by atomic mass is 10.1. The third kappa shape index (κ3) is 7.34. The number of hydrogen-bond donors (Lipinski definition) is 2. The van der Waals surface area contributed by atoms with E-state index in [1.54, 1.807) is 7.11 Å². The molecule has 1 amide bonds. The summed E-state index contributed by atoms with van der Waals surface area (Å²) in [6.07, 6.45) is 4.31. The first-order chi connectivity index (χ1) is 9.71. The van der Waals surface area contributed by atoms with Gasteiger partial charge in [0.1, 0.15) is 5.75 Å². The van der Waals surface area contributed by atoms with Crippen molar-refractivity contribution in [1.29, 1.82) is 0 Å². The van der Waals surface area contributed by atoms with Crippen molar-refractivity contribution in [1.82, 2.24) is 5.32 Å². The fourth-order valence-electron chi connectivity index (χ4n) is 2.16. The number of hydrogen-bond acceptors (Lipinski definition) is 3. The van der Waals surface area contributed by atoms with Gasteiger partial charge in [0.2, 0.25) is 5.91 Å². The van der Waals surface area contributed by atoms with Crippen molar-refractivity contribution in [2.24, 2.45) is 5.73 Å². The van der Waals surface area contributed by atoms with Gasteiger partial charge in [0.25, 0.3) is 0 Å². The summed E-state index contributed by atoms with van der Waals surface area (Å²) in [5, 5.41) is 3.00. The van der Waals surface area contributed by atoms with Crippen molar-refractivity contribution in [2.75, 3.05) is 13.7 Å². The fourth-order valence-corrected chi connectivity index (χ4v) is 2.16. The Labute approximate surface area is 133 Å². The smallest absolute Gasteiger partial charge is 0.220 e. The minimum absolute atomic E-state index is 0. The van der Waals surface area contributed by atoms with E-state index in [1.807, 2.05) is 24.3 Å². The first kappa shape index (κ1) is 19.7. The van der Waals surface area contributed by atoms with Crippen LogP contribution in [0.4, 0.5) is 0 Å². The second kappa shape index (κ2) is 11.4. The predicted octanol–water partition coefficient (Wildman–Crippen LogP) is 2.68. The van der Waals surface area contributed by atoms with Crippen LogP contribution < -0.4 is 15.8 Å². The summed E-state index contributed by atoms with van der Waals surface area (Å²) in [5.74, 6) is 0.893. The van der Waals surface area contributed by atoms with Gasteiger partial charge in [-0.2, -0.15) is 0 Å². The highest BCUT2D eigenvalue weighted by Gasteiger charge is 2.11. The Morgan fingerprint density at radius 3 is 2.71 bits per heavy atom. The highest BCUT2D eigenvalue weighted by atomic mass is 35.5. The summed E-state index contributed by atoms with van der Waals surface area (Å²) >= 11 is 0. The molecule has 0 bridgehead atoms. The van der Waals surface area contributed by atoms with Crippen molar-refractivity contribution in [3.05, 3.63) is 29.8 Å². The first-order valence-corrected chi connectivity index (χ1v) is 7.32. The summed E-state index contributed by atoms with van der Waals surface area (Å²) in [6, 6.07) is 7.89. The van der Waals surface area contributed by atoms with E-state index in [-0.39, 0.29) is 24.4 Å². The molecule has 3 N–H and O–H groups in total. The van der Waals surface area contributed by atoms with Crippen molar-refractivity contribution in [2.45, 2.75) is 45.1 Å². The maximum atomic E-state index is 11.9. The van der Waals surface area contributed by atoms with E-state index in [4.69, 9.17) is 10.5 Å². The third-order valence-corrected chi connectivity index (χ3v) is 3.37. The summed E-state index contributed by atoms with van der Waals surface area (Å²) in [5.41, 5.74) is 6.74. The topological polar surface area (TPSA) is 64.3 Å². The van der Waals surface area contributed by atoms with E-state index < -0.39 is 0 Å². The van der Waals surface area contributed by atoms with Crippen LogP contribution in [0.25, 0.3) is 0 Å². The third-order valence-electron chi connectivity index (χ3n) is 3.37. The maximum absolute atomic E-state index is 11.9. The summed E-state index contributed by atoms with van der Waals surface area (Å²) in [6.45, 7) is 2.64. The number of carbonyl (C=O) groups excluding carboxylic acids is 1. The van der Waals surface area contributed by atoms with Gasteiger partial charge in [0.05, 0.1) is 7.11 Å². The monoisotopic (exact) mass is 314 g/mol. The standard InChI is InChI=1S/C16H26N2O2.ClH/c1-3-4-8-14(12-17)18-16(19)11-10-13-7-5-6-9-15(13)20-2;/h5-7,9,14H,3-4,8,10-12,17H2,1-2H3,(H,18,19);1H. The molecule has 1 atom stereocenters. The average molecular weight is 315 g/mol. The van der Waals surface area contributed by atoms with Crippen LogP contribution in [0.5, 0.6) is 5.75 Å². The zero-order valence-electron chi connectivity index (χ0n) is 12.9. The van der Waals surface area contributed by atoms with Gasteiger partial charge in [-0.15, -0.1) is 12.4 Å². The van der Waals surface area contributed by atoms with E-state index in [0.29, 0.717) is 19.4 Å². The quantitative estimate of drug-likeness (QED) is 0.736. The van der Waals surface area contributed by atoms with Gasteiger partial charge in [0.15, 0.2) is 0 Å². The highest BCUT2D eigenvalue weighted by Crippen LogP contribution is 2.18. The zero-order valence-corrected chi connectivity index (χ0v) is 13.7. The molecule has 0 aliphatic carbocycles. The number of para-hydroxylation sites is 1. The molecule has 0 heterocycles. The van der Waals surface area contributed by atoms with E-state index in [0.717, 1.165) is 30.6 Å². The number of nitrogens with one attached hydrogen (secondary N) is 1. The van der Waals surface area contributed by atoms with Gasteiger partial charge in [-0.05, 0) is 24.5 Å². The minimum atomic E-state index is 0. The molecule has 0 saturated carbocycles. The van der Waals surface area contributed by atoms with Gasteiger partial charge >= 0.3 is 0 Å². The van der Waals surface area contributed by atoms with E-state index in [2.05, 4.69) is 12.2 Å². The molecule has 0 spiro atoms. The molecular weight excluding hydrogens is 288 g/mol. The molecule has 0 aliphatic heterocycles. The van der Waals surface area contributed by atoms with Crippen LogP contribution in [0.15, 0.2) is 24.3 Å². The molecule has 1 aromatic carbocycles. The number of rotatable bonds is 9. The van der Waals surface area contributed by atoms with Crippen molar-refractivity contribution < 1.29 is 9.53 Å². The Kier molecular flexibility index (Phi) is 10.7. The summed E-state index contributed by atoms with van der Waals surface area (Å²) in [7, 11) is 1.65. The van der Waals surface area contributed by atoms with E-state index in [1.165, 1.54) is 0 Å². The molecule has 4 nitrogen and oxygen atoms in total. The number of ether oxygens (including phenoxy) is 1. The summed E-state index contributed by atoms with van der Waals surface area (Å²) in [4.78, 5) is 11.9. The van der Waals surface area contributed by atoms with Crippen LogP contribution in [0.3, 0.4) is 0 Å². The Balaban J connectivity index is 0.00000400. The van der Waals surface area contributed by atoms with Crippen molar-refractivity contribution in [3.63, 3.8) is 0 Å². The van der Waals surface area contributed by atoms with E-state index >= 15 is 0 Å². The normalized spacial score (nSPS) is 11.4. The summed E-state index contributed by atoms with van der Waals surface area (Å²) < 4.78 is 5.28. The van der Waals surface area contributed by atoms with Gasteiger partial charge in [-0.1, -0.05) is 38.0 Å². The molecule has 0 aromatic heterocycles. The van der Waals surface area contributed by atoms with Crippen LogP contribution in [-0.2, 0) is 11.2 Å². The molecule has 1 rings (SSSR count). The lowest BCUT2D eigenvalue weighted by molar-refractivity contribution is -0.121. The second-order valence-corrected chi connectivity index (χ2v) is 4.95. The van der Waals surface area contributed by atoms with Crippen LogP contribution in [-0.4, -0.2) is 25.6 Å². The average Bonchev–Trinajstić information content (AvgIpc) is 2.49. The number of methoxy groups -OCH3 is 1. The molecule has 0 fully saturated rings. The first-order valence-electron chi connectivity index (χ1n) is 7.32. The Hall–Kier alpha value is -1.26. The molecule has 120 valence electrons. The Morgan fingerprint density at radius 1 is 1.38 bits per heavy atom. The molecule has 5 heteroatoms. The van der Waals surface area contributed by atoms with Crippen LogP contribution in [0.2, 0.25) is 0 Å². The Bertz CT molecular complexity index is 413. The maximum Gasteiger partial charge on any atom is 0.220 e. The Morgan fingerprint density at radius 2 is 2.10 bits per heavy atom. The molecule has 1 aromatic rings. The van der Waals surface area contributed by atoms with Crippen LogP contribution in [0.1, 0.15) is 38.2 Å². The van der Waals surface area contributed by atoms with Crippen molar-refractivity contribution in [3.8, 4) is 5.75 Å². The number of halogens is 1. The fraction of sp³-hybridized carbons (Fsp3) is 0.562. The van der Waals surface area contributed by atoms with Crippen LogP contribution in [0, 0.1) is 0 Å². The van der Waals surface area contributed by atoms with Crippen molar-refractivity contribution >= 4 is 18.3 Å². The number of amides is 1. The largest absolute Gasteiger partial charge is 0.496 e. The molecule has 0 saturated heterocycles. The lowest BCUT2D eigenvalue weighted by Crippen LogP contribution is -2.40. The molecule has 0 radical (unpaired) electrons. The van der Waals surface area contributed by atoms with E-state index in [9.17, 15) is 4.79 Å². The molecule has 1 unspecified atom stereocenters. The van der Waals surface area contributed by atoms with Gasteiger partial charge in [-0.25, -0.2) is 0 Å². The van der Waals surface area contributed by atoms with Crippen LogP contribution >= 0.6 is 12.4 Å². The second-order valence-electron chi connectivity index (χ2n) is 4.95. The molecule has 0 aliphatic rings. The highest BCUT2D eigenvalue weighted by molar-refractivity contribution is 5.85.